The molecule has 0 aliphatic rings. The molecule has 0 radical (unpaired) electrons. The number of anilines is 1. The SMILES string of the molecule is C=CC(=O)NCc1cc2c(N)nc(-c3c(C)c(OC)cc(OC)c3Cl)cc2cn1. The normalized spacial score (nSPS) is 10.6. The van der Waals surface area contributed by atoms with Gasteiger partial charge in [-0.05, 0) is 25.1 Å². The van der Waals surface area contributed by atoms with Gasteiger partial charge in [0, 0.05) is 34.2 Å². The Bertz CT molecular complexity index is 1090. The summed E-state index contributed by atoms with van der Waals surface area (Å²) in [4.78, 5) is 20.3. The van der Waals surface area contributed by atoms with Gasteiger partial charge in [-0.3, -0.25) is 9.78 Å². The first-order valence-electron chi connectivity index (χ1n) is 8.76. The van der Waals surface area contributed by atoms with E-state index >= 15 is 0 Å². The summed E-state index contributed by atoms with van der Waals surface area (Å²) in [6.45, 7) is 5.58. The van der Waals surface area contributed by atoms with E-state index in [1.165, 1.54) is 6.08 Å². The molecule has 0 saturated heterocycles. The lowest BCUT2D eigenvalue weighted by Crippen LogP contribution is -2.20. The number of benzene rings is 1. The summed E-state index contributed by atoms with van der Waals surface area (Å²) >= 11 is 6.57. The molecule has 150 valence electrons. The fourth-order valence-corrected chi connectivity index (χ4v) is 3.43. The highest BCUT2D eigenvalue weighted by atomic mass is 35.5. The molecule has 3 rings (SSSR count). The van der Waals surface area contributed by atoms with Crippen LogP contribution < -0.4 is 20.5 Å². The molecule has 3 N–H and O–H groups in total. The van der Waals surface area contributed by atoms with Gasteiger partial charge >= 0.3 is 0 Å². The number of amides is 1. The molecular formula is C21H21ClN4O3. The minimum Gasteiger partial charge on any atom is -0.496 e. The summed E-state index contributed by atoms with van der Waals surface area (Å²) in [5, 5.41) is 4.64. The maximum atomic E-state index is 11.4. The third-order valence-corrected chi connectivity index (χ3v) is 4.94. The van der Waals surface area contributed by atoms with Gasteiger partial charge in [-0.25, -0.2) is 4.98 Å². The summed E-state index contributed by atoms with van der Waals surface area (Å²) in [6, 6.07) is 5.39. The van der Waals surface area contributed by atoms with Crippen molar-refractivity contribution in [3.8, 4) is 22.8 Å². The maximum absolute atomic E-state index is 11.4. The third kappa shape index (κ3) is 3.95. The fourth-order valence-electron chi connectivity index (χ4n) is 3.06. The van der Waals surface area contributed by atoms with Crippen LogP contribution in [0.4, 0.5) is 5.82 Å². The van der Waals surface area contributed by atoms with Crippen LogP contribution in [-0.4, -0.2) is 30.1 Å². The monoisotopic (exact) mass is 412 g/mol. The minimum absolute atomic E-state index is 0.264. The lowest BCUT2D eigenvalue weighted by molar-refractivity contribution is -0.116. The Morgan fingerprint density at radius 1 is 1.28 bits per heavy atom. The molecule has 0 bridgehead atoms. The van der Waals surface area contributed by atoms with Crippen molar-refractivity contribution in [3.63, 3.8) is 0 Å². The molecule has 0 unspecified atom stereocenters. The number of aromatic nitrogens is 2. The number of hydrogen-bond donors (Lipinski definition) is 2. The Morgan fingerprint density at radius 3 is 2.66 bits per heavy atom. The number of carbonyl (C=O) groups is 1. The summed E-state index contributed by atoms with van der Waals surface area (Å²) in [5.74, 6) is 1.17. The lowest BCUT2D eigenvalue weighted by Gasteiger charge is -2.16. The van der Waals surface area contributed by atoms with Gasteiger partial charge in [0.2, 0.25) is 5.91 Å². The van der Waals surface area contributed by atoms with Crippen LogP contribution >= 0.6 is 11.6 Å². The van der Waals surface area contributed by atoms with Crippen molar-refractivity contribution in [3.05, 3.63) is 53.3 Å². The van der Waals surface area contributed by atoms with Gasteiger partial charge in [0.05, 0.1) is 37.2 Å². The van der Waals surface area contributed by atoms with Gasteiger partial charge in [0.1, 0.15) is 17.3 Å². The minimum atomic E-state index is -0.273. The molecule has 0 aliphatic carbocycles. The van der Waals surface area contributed by atoms with Gasteiger partial charge in [-0.2, -0.15) is 0 Å². The van der Waals surface area contributed by atoms with Gasteiger partial charge in [-0.1, -0.05) is 18.2 Å². The molecule has 0 saturated carbocycles. The molecule has 8 heteroatoms. The van der Waals surface area contributed by atoms with E-state index in [9.17, 15) is 4.79 Å². The Labute approximate surface area is 173 Å². The van der Waals surface area contributed by atoms with Crippen molar-refractivity contribution >= 4 is 34.1 Å². The molecule has 3 aromatic rings. The number of halogens is 1. The van der Waals surface area contributed by atoms with Crippen molar-refractivity contribution in [1.82, 2.24) is 15.3 Å². The molecular weight excluding hydrogens is 392 g/mol. The number of methoxy groups -OCH3 is 2. The third-order valence-electron chi connectivity index (χ3n) is 4.57. The van der Waals surface area contributed by atoms with Crippen LogP contribution in [-0.2, 0) is 11.3 Å². The number of nitrogen functional groups attached to an aromatic ring is 1. The van der Waals surface area contributed by atoms with Gasteiger partial charge < -0.3 is 20.5 Å². The van der Waals surface area contributed by atoms with Crippen molar-refractivity contribution < 1.29 is 14.3 Å². The second-order valence-electron chi connectivity index (χ2n) is 6.31. The van der Waals surface area contributed by atoms with Crippen molar-refractivity contribution in [2.75, 3.05) is 20.0 Å². The number of hydrogen-bond acceptors (Lipinski definition) is 6. The Morgan fingerprint density at radius 2 is 2.00 bits per heavy atom. The van der Waals surface area contributed by atoms with E-state index in [1.807, 2.05) is 13.0 Å². The first-order chi connectivity index (χ1) is 13.9. The zero-order valence-corrected chi connectivity index (χ0v) is 17.1. The number of rotatable bonds is 6. The van der Waals surface area contributed by atoms with E-state index in [0.29, 0.717) is 39.3 Å². The van der Waals surface area contributed by atoms with Crippen LogP contribution in [0.5, 0.6) is 11.5 Å². The van der Waals surface area contributed by atoms with Crippen LogP contribution in [0, 0.1) is 6.92 Å². The number of nitrogens with two attached hydrogens (primary N) is 1. The largest absolute Gasteiger partial charge is 0.496 e. The Balaban J connectivity index is 2.11. The van der Waals surface area contributed by atoms with Crippen LogP contribution in [0.2, 0.25) is 5.02 Å². The highest BCUT2D eigenvalue weighted by Gasteiger charge is 2.19. The first kappa shape index (κ1) is 20.4. The molecule has 1 amide bonds. The fraction of sp³-hybridized carbons (Fsp3) is 0.190. The number of ether oxygens (including phenoxy) is 2. The van der Waals surface area contributed by atoms with Crippen LogP contribution in [0.25, 0.3) is 22.0 Å². The molecule has 0 spiro atoms. The topological polar surface area (TPSA) is 99.4 Å². The molecule has 0 atom stereocenters. The van der Waals surface area contributed by atoms with Gasteiger partial charge in [-0.15, -0.1) is 0 Å². The molecule has 2 heterocycles. The summed E-state index contributed by atoms with van der Waals surface area (Å²) in [5.41, 5.74) is 8.98. The number of nitrogens with one attached hydrogen (secondary N) is 1. The quantitative estimate of drug-likeness (QED) is 0.599. The Kier molecular flexibility index (Phi) is 5.89. The van der Waals surface area contributed by atoms with Gasteiger partial charge in [0.25, 0.3) is 0 Å². The average Bonchev–Trinajstić information content (AvgIpc) is 2.72. The summed E-state index contributed by atoms with van der Waals surface area (Å²) in [6.07, 6.45) is 2.89. The lowest BCUT2D eigenvalue weighted by atomic mass is 10.0. The van der Waals surface area contributed by atoms with Crippen LogP contribution in [0.1, 0.15) is 11.3 Å². The van der Waals surface area contributed by atoms with Crippen LogP contribution in [0.15, 0.2) is 37.1 Å². The van der Waals surface area contributed by atoms with E-state index in [4.69, 9.17) is 26.8 Å². The van der Waals surface area contributed by atoms with E-state index in [2.05, 4.69) is 21.9 Å². The number of nitrogens with zero attached hydrogens (tertiary/aromatic N) is 2. The second kappa shape index (κ2) is 8.36. The zero-order valence-electron chi connectivity index (χ0n) is 16.4. The average molecular weight is 413 g/mol. The Hall–Kier alpha value is -3.32. The molecule has 1 aromatic carbocycles. The molecule has 2 aromatic heterocycles. The predicted octanol–water partition coefficient (Wildman–Crippen LogP) is 3.66. The van der Waals surface area contributed by atoms with Gasteiger partial charge in [0.15, 0.2) is 0 Å². The predicted molar refractivity (Wildman–Crippen MR) is 114 cm³/mol. The van der Waals surface area contributed by atoms with Crippen molar-refractivity contribution in [1.29, 1.82) is 0 Å². The van der Waals surface area contributed by atoms with E-state index in [-0.39, 0.29) is 12.5 Å². The molecule has 29 heavy (non-hydrogen) atoms. The number of pyridine rings is 2. The zero-order chi connectivity index (χ0) is 21.1. The standard InChI is InChI=1S/C21H21ClN4O3/c1-5-18(27)25-10-13-7-14-12(9-24-13)6-15(26-21(14)23)19-11(2)16(28-3)8-17(29-4)20(19)22/h5-9H,1,10H2,2-4H3,(H2,23,26)(H,25,27). The highest BCUT2D eigenvalue weighted by Crippen LogP contribution is 2.43. The van der Waals surface area contributed by atoms with E-state index in [1.54, 1.807) is 32.5 Å². The van der Waals surface area contributed by atoms with E-state index in [0.717, 1.165) is 16.3 Å². The summed E-state index contributed by atoms with van der Waals surface area (Å²) in [7, 11) is 3.12. The number of fused-ring (bicyclic) bond motifs is 1. The van der Waals surface area contributed by atoms with Crippen molar-refractivity contribution in [2.45, 2.75) is 13.5 Å². The van der Waals surface area contributed by atoms with E-state index < -0.39 is 0 Å². The second-order valence-corrected chi connectivity index (χ2v) is 6.68. The molecule has 0 fully saturated rings. The smallest absolute Gasteiger partial charge is 0.243 e. The van der Waals surface area contributed by atoms with Crippen molar-refractivity contribution in [2.24, 2.45) is 0 Å². The first-order valence-corrected chi connectivity index (χ1v) is 9.14. The van der Waals surface area contributed by atoms with Crippen LogP contribution in [0.3, 0.4) is 0 Å². The molecule has 0 aliphatic heterocycles. The highest BCUT2D eigenvalue weighted by molar-refractivity contribution is 6.35. The maximum Gasteiger partial charge on any atom is 0.243 e. The summed E-state index contributed by atoms with van der Waals surface area (Å²) < 4.78 is 10.8. The molecule has 7 nitrogen and oxygen atoms in total. The number of carbonyl (C=O) groups excluding carboxylic acids is 1.